The van der Waals surface area contributed by atoms with Crippen LogP contribution in [0.2, 0.25) is 0 Å². The van der Waals surface area contributed by atoms with Crippen LogP contribution in [0.4, 0.5) is 0 Å². The second-order valence-electron chi connectivity index (χ2n) is 3.94. The van der Waals surface area contributed by atoms with E-state index in [9.17, 15) is 0 Å². The lowest BCUT2D eigenvalue weighted by Crippen LogP contribution is -2.49. The normalized spacial score (nSPS) is 17.6. The summed E-state index contributed by atoms with van der Waals surface area (Å²) in [4.78, 5) is 4.25. The van der Waals surface area contributed by atoms with Crippen LogP contribution in [0.15, 0.2) is 17.1 Å². The second-order valence-corrected chi connectivity index (χ2v) is 4.35. The van der Waals surface area contributed by atoms with Gasteiger partial charge < -0.3 is 30.6 Å². The van der Waals surface area contributed by atoms with Crippen LogP contribution in [-0.2, 0) is 0 Å². The molecule has 7 nitrogen and oxygen atoms in total. The molecule has 1 aromatic carbocycles. The van der Waals surface area contributed by atoms with Gasteiger partial charge in [-0.15, -0.1) is 0 Å². The Morgan fingerprint density at radius 1 is 1.15 bits per heavy atom. The molecule has 1 aliphatic heterocycles. The largest absolute Gasteiger partial charge is 0.493 e. The number of ether oxygens (including phenoxy) is 3. The van der Waals surface area contributed by atoms with Gasteiger partial charge in [0.25, 0.3) is 0 Å². The molecule has 108 valence electrons. The fourth-order valence-electron chi connectivity index (χ4n) is 1.97. The van der Waals surface area contributed by atoms with Crippen LogP contribution in [0, 0.1) is 0 Å². The second kappa shape index (κ2) is 5.83. The number of hydrogen-bond donors (Lipinski definition) is 3. The number of benzene rings is 1. The molecule has 0 amide bonds. The van der Waals surface area contributed by atoms with Crippen molar-refractivity contribution in [2.24, 2.45) is 10.7 Å². The maximum absolute atomic E-state index is 5.69. The van der Waals surface area contributed by atoms with Crippen molar-refractivity contribution in [3.05, 3.63) is 17.7 Å². The molecule has 1 aliphatic rings. The number of hydrogen-bond acceptors (Lipinski definition) is 6. The molecule has 1 heterocycles. The Labute approximate surface area is 122 Å². The summed E-state index contributed by atoms with van der Waals surface area (Å²) in [5, 5.41) is 6.12. The van der Waals surface area contributed by atoms with Gasteiger partial charge in [0.05, 0.1) is 21.3 Å². The molecule has 0 bridgehead atoms. The minimum Gasteiger partial charge on any atom is -0.493 e. The van der Waals surface area contributed by atoms with Crippen LogP contribution in [0.25, 0.3) is 0 Å². The monoisotopic (exact) mass is 296 g/mol. The number of nitrogens with zero attached hydrogens (tertiary/aromatic N) is 1. The number of guanidine groups is 1. The van der Waals surface area contributed by atoms with E-state index in [4.69, 9.17) is 32.2 Å². The molecular weight excluding hydrogens is 280 g/mol. The molecule has 1 atom stereocenters. The van der Waals surface area contributed by atoms with Crippen molar-refractivity contribution in [3.8, 4) is 17.2 Å². The highest BCUT2D eigenvalue weighted by atomic mass is 32.1. The first kappa shape index (κ1) is 14.2. The van der Waals surface area contributed by atoms with Gasteiger partial charge in [-0.1, -0.05) is 0 Å². The highest BCUT2D eigenvalue weighted by Crippen LogP contribution is 2.42. The molecule has 0 fully saturated rings. The van der Waals surface area contributed by atoms with Crippen molar-refractivity contribution < 1.29 is 14.2 Å². The smallest absolute Gasteiger partial charge is 0.203 e. The number of nitrogens with two attached hydrogens (primary N) is 1. The van der Waals surface area contributed by atoms with Crippen molar-refractivity contribution in [1.82, 2.24) is 10.6 Å². The average molecular weight is 296 g/mol. The van der Waals surface area contributed by atoms with Gasteiger partial charge in [-0.05, 0) is 24.4 Å². The van der Waals surface area contributed by atoms with E-state index in [2.05, 4.69) is 15.6 Å². The molecule has 0 spiro atoms. The van der Waals surface area contributed by atoms with E-state index in [1.165, 1.54) is 0 Å². The number of nitrogens with one attached hydrogen (secondary N) is 2. The predicted molar refractivity (Wildman–Crippen MR) is 79.3 cm³/mol. The summed E-state index contributed by atoms with van der Waals surface area (Å²) in [6, 6.07) is 3.59. The zero-order valence-corrected chi connectivity index (χ0v) is 12.2. The molecule has 1 aromatic rings. The van der Waals surface area contributed by atoms with Crippen LogP contribution in [-0.4, -0.2) is 32.4 Å². The molecule has 0 aliphatic carbocycles. The average Bonchev–Trinajstić information content (AvgIpc) is 2.44. The van der Waals surface area contributed by atoms with Crippen LogP contribution >= 0.6 is 12.2 Å². The molecule has 0 saturated carbocycles. The van der Waals surface area contributed by atoms with Crippen LogP contribution in [0.3, 0.4) is 0 Å². The van der Waals surface area contributed by atoms with Gasteiger partial charge in [-0.2, -0.15) is 0 Å². The van der Waals surface area contributed by atoms with Gasteiger partial charge in [0, 0.05) is 5.56 Å². The number of methoxy groups -OCH3 is 3. The summed E-state index contributed by atoms with van der Waals surface area (Å²) in [6.07, 6.45) is -0.446. The molecule has 0 unspecified atom stereocenters. The Bertz CT molecular complexity index is 562. The van der Waals surface area contributed by atoms with E-state index in [-0.39, 0.29) is 5.96 Å². The maximum Gasteiger partial charge on any atom is 0.203 e. The van der Waals surface area contributed by atoms with E-state index in [0.717, 1.165) is 5.56 Å². The van der Waals surface area contributed by atoms with Crippen molar-refractivity contribution in [2.75, 3.05) is 21.3 Å². The zero-order valence-electron chi connectivity index (χ0n) is 11.4. The van der Waals surface area contributed by atoms with Gasteiger partial charge in [0.1, 0.15) is 0 Å². The minimum absolute atomic E-state index is 0.246. The molecule has 20 heavy (non-hydrogen) atoms. The number of aliphatic imine (C=N–C) groups is 1. The molecule has 0 radical (unpaired) electrons. The molecule has 2 rings (SSSR count). The lowest BCUT2D eigenvalue weighted by Gasteiger charge is -2.25. The third-order valence-corrected chi connectivity index (χ3v) is 3.03. The summed E-state index contributed by atoms with van der Waals surface area (Å²) in [5.41, 5.74) is 6.43. The maximum atomic E-state index is 5.69. The van der Waals surface area contributed by atoms with Gasteiger partial charge in [-0.3, -0.25) is 0 Å². The lowest BCUT2D eigenvalue weighted by atomic mass is 10.1. The molecule has 8 heteroatoms. The van der Waals surface area contributed by atoms with Crippen molar-refractivity contribution in [3.63, 3.8) is 0 Å². The highest BCUT2D eigenvalue weighted by molar-refractivity contribution is 7.80. The molecular formula is C12H16N4O3S. The Morgan fingerprint density at radius 2 is 1.85 bits per heavy atom. The van der Waals surface area contributed by atoms with E-state index in [0.29, 0.717) is 22.4 Å². The first-order valence-electron chi connectivity index (χ1n) is 5.80. The Kier molecular flexibility index (Phi) is 4.14. The Balaban J connectivity index is 2.51. The fraction of sp³-hybridized carbons (Fsp3) is 0.333. The first-order chi connectivity index (χ1) is 9.60. The van der Waals surface area contributed by atoms with Crippen molar-refractivity contribution >= 4 is 23.3 Å². The Morgan fingerprint density at radius 3 is 2.40 bits per heavy atom. The predicted octanol–water partition coefficient (Wildman–Crippen LogP) is 0.503. The quantitative estimate of drug-likeness (QED) is 0.697. The summed E-state index contributed by atoms with van der Waals surface area (Å²) >= 11 is 5.07. The van der Waals surface area contributed by atoms with Gasteiger partial charge in [0.15, 0.2) is 28.7 Å². The topological polar surface area (TPSA) is 90.1 Å². The van der Waals surface area contributed by atoms with Gasteiger partial charge in [0.2, 0.25) is 5.75 Å². The SMILES string of the molecule is COc1ccc([C@@H]2N=C(N)NC(=S)N2)c(OC)c1OC. The van der Waals surface area contributed by atoms with Gasteiger partial charge in [-0.25, -0.2) is 4.99 Å². The van der Waals surface area contributed by atoms with E-state index in [1.807, 2.05) is 6.07 Å². The molecule has 0 aromatic heterocycles. The third-order valence-electron chi connectivity index (χ3n) is 2.81. The number of thiocarbonyl (C=S) groups is 1. The number of rotatable bonds is 4. The van der Waals surface area contributed by atoms with Crippen LogP contribution < -0.4 is 30.6 Å². The standard InChI is InChI=1S/C12H16N4O3S/c1-17-7-5-4-6(8(18-2)9(7)19-3)10-14-11(13)16-12(20)15-10/h4-5,10H,1-3H3,(H4,13,14,15,16,20)/t10-/m1/s1. The van der Waals surface area contributed by atoms with Gasteiger partial charge >= 0.3 is 0 Å². The molecule has 0 saturated heterocycles. The minimum atomic E-state index is -0.446. The van der Waals surface area contributed by atoms with E-state index in [1.54, 1.807) is 27.4 Å². The first-order valence-corrected chi connectivity index (χ1v) is 6.21. The van der Waals surface area contributed by atoms with Crippen LogP contribution in [0.1, 0.15) is 11.7 Å². The zero-order chi connectivity index (χ0) is 14.7. The summed E-state index contributed by atoms with van der Waals surface area (Å²) in [6.45, 7) is 0. The van der Waals surface area contributed by atoms with E-state index >= 15 is 0 Å². The van der Waals surface area contributed by atoms with Crippen molar-refractivity contribution in [1.29, 1.82) is 0 Å². The summed E-state index contributed by atoms with van der Waals surface area (Å²) in [5.74, 6) is 1.83. The molecule has 4 N–H and O–H groups in total. The van der Waals surface area contributed by atoms with Crippen molar-refractivity contribution in [2.45, 2.75) is 6.17 Å². The summed E-state index contributed by atoms with van der Waals surface area (Å²) in [7, 11) is 4.65. The third kappa shape index (κ3) is 2.55. The Hall–Kier alpha value is -2.22. The fourth-order valence-corrected chi connectivity index (χ4v) is 2.18. The van der Waals surface area contributed by atoms with E-state index < -0.39 is 6.17 Å². The summed E-state index contributed by atoms with van der Waals surface area (Å²) < 4.78 is 16.0. The lowest BCUT2D eigenvalue weighted by molar-refractivity contribution is 0.320. The highest BCUT2D eigenvalue weighted by Gasteiger charge is 2.25. The van der Waals surface area contributed by atoms with Crippen LogP contribution in [0.5, 0.6) is 17.2 Å².